The van der Waals surface area contributed by atoms with Crippen LogP contribution in [0.2, 0.25) is 5.02 Å². The molecule has 2 saturated heterocycles. The Kier molecular flexibility index (Phi) is 11.1. The number of aromatic hydroxyl groups is 2. The van der Waals surface area contributed by atoms with Gasteiger partial charge in [-0.3, -0.25) is 19.3 Å². The maximum atomic E-state index is 13.5. The molecular formula is C29H34ClN8O10S2+. The third-order valence-electron chi connectivity index (χ3n) is 8.49. The summed E-state index contributed by atoms with van der Waals surface area (Å²) in [5, 5.41) is 47.9. The molecule has 2 fully saturated rings. The van der Waals surface area contributed by atoms with Gasteiger partial charge in [0.25, 0.3) is 17.7 Å². The number of likely N-dealkylation sites (tertiary alicyclic amines) is 1. The zero-order valence-corrected chi connectivity index (χ0v) is 28.6. The number of nitrogen functional groups attached to an aromatic ring is 1. The Morgan fingerprint density at radius 3 is 2.54 bits per heavy atom. The molecule has 3 atom stereocenters. The highest BCUT2D eigenvalue weighted by Crippen LogP contribution is 2.41. The molecule has 0 radical (unpaired) electrons. The maximum absolute atomic E-state index is 13.5. The van der Waals surface area contributed by atoms with E-state index >= 15 is 0 Å². The average molecular weight is 754 g/mol. The molecule has 18 nitrogen and oxygen atoms in total. The molecule has 0 spiro atoms. The number of β-lactam (4-membered cyclic amide) rings is 1. The molecule has 0 saturated carbocycles. The van der Waals surface area contributed by atoms with Gasteiger partial charge in [0.2, 0.25) is 6.10 Å². The Hall–Kier alpha value is -4.63. The first-order chi connectivity index (χ1) is 23.8. The van der Waals surface area contributed by atoms with E-state index in [1.165, 1.54) is 22.0 Å². The van der Waals surface area contributed by atoms with Gasteiger partial charge in [0, 0.05) is 36.1 Å². The topological polar surface area (TPSA) is 280 Å². The minimum Gasteiger partial charge on any atom is -0.504 e. The van der Waals surface area contributed by atoms with Gasteiger partial charge in [0.1, 0.15) is 29.4 Å². The number of phenols is 2. The normalized spacial score (nSPS) is 20.5. The van der Waals surface area contributed by atoms with Crippen molar-refractivity contribution in [1.29, 1.82) is 0 Å². The maximum Gasteiger partial charge on any atom is 0.352 e. The number of nitrogens with zero attached hydrogens (tertiary/aromatic N) is 4. The first-order valence-corrected chi connectivity index (χ1v) is 17.5. The molecule has 4 heterocycles. The molecule has 1 aromatic carbocycles. The van der Waals surface area contributed by atoms with Crippen molar-refractivity contribution < 1.29 is 53.7 Å². The van der Waals surface area contributed by atoms with E-state index in [9.17, 15) is 44.4 Å². The summed E-state index contributed by atoms with van der Waals surface area (Å²) in [6, 6.07) is 0.970. The van der Waals surface area contributed by atoms with Crippen molar-refractivity contribution in [3.05, 3.63) is 45.1 Å². The molecule has 50 heavy (non-hydrogen) atoms. The molecule has 0 aliphatic carbocycles. The largest absolute Gasteiger partial charge is 0.504 e. The van der Waals surface area contributed by atoms with Crippen LogP contribution < -0.4 is 22.1 Å². The number of fused-ring (bicyclic) bond motifs is 1. The Bertz CT molecular complexity index is 1780. The Labute approximate surface area is 297 Å². The van der Waals surface area contributed by atoms with Gasteiger partial charge in [0.15, 0.2) is 22.3 Å². The fourth-order valence-corrected chi connectivity index (χ4v) is 8.19. The van der Waals surface area contributed by atoms with E-state index < -0.39 is 76.0 Å². The highest BCUT2D eigenvalue weighted by Gasteiger charge is 2.55. The van der Waals surface area contributed by atoms with Crippen LogP contribution in [0, 0.1) is 0 Å². The van der Waals surface area contributed by atoms with E-state index in [0.717, 1.165) is 49.4 Å². The van der Waals surface area contributed by atoms with E-state index in [1.807, 2.05) is 0 Å². The highest BCUT2D eigenvalue weighted by atomic mass is 35.5. The third-order valence-corrected chi connectivity index (χ3v) is 10.9. The Morgan fingerprint density at radius 1 is 1.20 bits per heavy atom. The zero-order chi connectivity index (χ0) is 36.3. The van der Waals surface area contributed by atoms with Crippen LogP contribution >= 0.6 is 34.7 Å². The van der Waals surface area contributed by atoms with Crippen molar-refractivity contribution in [1.82, 2.24) is 20.5 Å². The number of thiazole rings is 1. The number of quaternary nitrogens is 1. The minimum absolute atomic E-state index is 0.0437. The second-order valence-electron chi connectivity index (χ2n) is 11.7. The number of nitrogens with two attached hydrogens (primary N) is 2. The van der Waals surface area contributed by atoms with Crippen LogP contribution in [-0.2, 0) is 24.0 Å². The predicted octanol–water partition coefficient (Wildman–Crippen LogP) is -0.298. The van der Waals surface area contributed by atoms with Crippen molar-refractivity contribution in [2.45, 2.75) is 30.4 Å². The van der Waals surface area contributed by atoms with Gasteiger partial charge >= 0.3 is 11.9 Å². The summed E-state index contributed by atoms with van der Waals surface area (Å²) in [6.07, 6.45) is 0.157. The summed E-state index contributed by atoms with van der Waals surface area (Å²) in [5.74, 6) is -6.38. The fourth-order valence-electron chi connectivity index (χ4n) is 6.06. The summed E-state index contributed by atoms with van der Waals surface area (Å²) in [4.78, 5) is 74.3. The number of anilines is 1. The number of hydrogen-bond donors (Lipinski definition) is 8. The lowest BCUT2D eigenvalue weighted by molar-refractivity contribution is -0.910. The lowest BCUT2D eigenvalue weighted by atomic mass is 10.0. The second-order valence-corrected chi connectivity index (χ2v) is 14.1. The molecule has 5 rings (SSSR count). The van der Waals surface area contributed by atoms with Crippen molar-refractivity contribution in [3.63, 3.8) is 0 Å². The summed E-state index contributed by atoms with van der Waals surface area (Å²) in [5.41, 5.74) is 11.2. The van der Waals surface area contributed by atoms with Gasteiger partial charge in [0.05, 0.1) is 36.8 Å². The first-order valence-electron chi connectivity index (χ1n) is 15.2. The number of carboxylic acid groups (broad SMARTS) is 2. The number of oxime groups is 1. The summed E-state index contributed by atoms with van der Waals surface area (Å²) in [7, 11) is 0. The van der Waals surface area contributed by atoms with Crippen LogP contribution in [-0.4, -0.2) is 133 Å². The average Bonchev–Trinajstić information content (AvgIpc) is 3.72. The van der Waals surface area contributed by atoms with Crippen LogP contribution in [0.4, 0.5) is 5.13 Å². The number of hydrogen-bond acceptors (Lipinski definition) is 14. The molecule has 0 unspecified atom stereocenters. The fraction of sp³-hybridized carbons (Fsp3) is 0.414. The van der Waals surface area contributed by atoms with Gasteiger partial charge in [-0.15, -0.1) is 23.1 Å². The lowest BCUT2D eigenvalue weighted by Gasteiger charge is -2.50. The van der Waals surface area contributed by atoms with E-state index in [2.05, 4.69) is 20.8 Å². The number of rotatable bonds is 14. The van der Waals surface area contributed by atoms with Gasteiger partial charge < -0.3 is 51.8 Å². The summed E-state index contributed by atoms with van der Waals surface area (Å²) >= 11 is 8.16. The number of halogens is 1. The molecular weight excluding hydrogens is 720 g/mol. The molecule has 268 valence electrons. The number of aliphatic carboxylic acids is 2. The van der Waals surface area contributed by atoms with Crippen molar-refractivity contribution in [3.8, 4) is 11.5 Å². The quantitative estimate of drug-likeness (QED) is 0.0405. The van der Waals surface area contributed by atoms with E-state index in [4.69, 9.17) is 27.9 Å². The van der Waals surface area contributed by atoms with Crippen molar-refractivity contribution in [2.24, 2.45) is 10.9 Å². The van der Waals surface area contributed by atoms with Crippen LogP contribution in [0.15, 0.2) is 33.9 Å². The first kappa shape index (κ1) is 36.6. The molecule has 3 aliphatic rings. The summed E-state index contributed by atoms with van der Waals surface area (Å²) < 4.78 is 0.655. The monoisotopic (exact) mass is 753 g/mol. The van der Waals surface area contributed by atoms with Crippen LogP contribution in [0.1, 0.15) is 28.9 Å². The number of aromatic nitrogens is 1. The number of benzene rings is 1. The SMILES string of the molecule is NCC[N+]1(CC2=C(C(=O)O)N3C(=O)[C@@H](NC(=O)/C(=N\O[C@@H](CNC(=O)c4ccc(O)c(O)c4Cl)C(=O)O)c4csc(N)n4)[C@H]3SC2)CCCC1. The highest BCUT2D eigenvalue weighted by molar-refractivity contribution is 8.00. The molecule has 10 N–H and O–H groups in total. The number of carbonyl (C=O) groups is 5. The molecule has 21 heteroatoms. The number of carboxylic acids is 2. The molecule has 1 aromatic heterocycles. The predicted molar refractivity (Wildman–Crippen MR) is 180 cm³/mol. The van der Waals surface area contributed by atoms with Gasteiger partial charge in [-0.25, -0.2) is 14.6 Å². The lowest BCUT2D eigenvalue weighted by Crippen LogP contribution is -2.71. The van der Waals surface area contributed by atoms with Crippen molar-refractivity contribution >= 4 is 75.2 Å². The minimum atomic E-state index is -1.85. The Balaban J connectivity index is 1.31. The zero-order valence-electron chi connectivity index (χ0n) is 26.2. The van der Waals surface area contributed by atoms with Gasteiger partial charge in [-0.05, 0) is 12.1 Å². The standard InChI is InChI=1S/C29H33ClN8O10S2/c30-18-14(3-4-16(39)22(18)40)23(41)33-9-17(27(44)45)48-36-19(15-12-50-29(32)34-15)24(42)35-20-25(43)37-21(28(46)47)13(11-49-26(20)37)10-38(8-5-31)6-1-2-7-38/h3-4,12,17,20,26H,1-2,5-11,31H2,(H7-,32,33,34,35,36,39,40,41,42,44,45,46,47)/p+1/t17-,20+,26+/m0/s1. The number of nitrogens with one attached hydrogen (secondary N) is 2. The van der Waals surface area contributed by atoms with Crippen LogP contribution in [0.3, 0.4) is 0 Å². The number of phenolic OH excluding ortho intramolecular Hbond substituents is 2. The van der Waals surface area contributed by atoms with Crippen LogP contribution in [0.5, 0.6) is 11.5 Å². The molecule has 2 aromatic rings. The van der Waals surface area contributed by atoms with E-state index in [-0.39, 0.29) is 22.1 Å². The number of carbonyl (C=O) groups excluding carboxylic acids is 3. The summed E-state index contributed by atoms with van der Waals surface area (Å²) in [6.45, 7) is 2.64. The molecule has 3 aliphatic heterocycles. The second kappa shape index (κ2) is 15.1. The Morgan fingerprint density at radius 2 is 1.92 bits per heavy atom. The molecule has 3 amide bonds. The van der Waals surface area contributed by atoms with Crippen molar-refractivity contribution in [2.75, 3.05) is 50.8 Å². The number of amides is 3. The van der Waals surface area contributed by atoms with E-state index in [1.54, 1.807) is 0 Å². The molecule has 0 bridgehead atoms. The number of thioether (sulfide) groups is 1. The smallest absolute Gasteiger partial charge is 0.352 e. The third kappa shape index (κ3) is 7.43. The van der Waals surface area contributed by atoms with Crippen LogP contribution in [0.25, 0.3) is 0 Å². The van der Waals surface area contributed by atoms with Gasteiger partial charge in [-0.1, -0.05) is 16.8 Å². The van der Waals surface area contributed by atoms with E-state index in [0.29, 0.717) is 35.4 Å². The van der Waals surface area contributed by atoms with Gasteiger partial charge in [-0.2, -0.15) is 0 Å².